The van der Waals surface area contributed by atoms with Gasteiger partial charge in [-0.1, -0.05) is 30.7 Å². The molecule has 0 aliphatic carbocycles. The maximum absolute atomic E-state index is 11.5. The van der Waals surface area contributed by atoms with Gasteiger partial charge in [-0.25, -0.2) is 0 Å². The third-order valence-corrected chi connectivity index (χ3v) is 2.75. The van der Waals surface area contributed by atoms with Gasteiger partial charge >= 0.3 is 0 Å². The lowest BCUT2D eigenvalue weighted by Gasteiger charge is -2.06. The number of hydrogen-bond acceptors (Lipinski definition) is 3. The van der Waals surface area contributed by atoms with Gasteiger partial charge in [-0.3, -0.25) is 4.79 Å². The van der Waals surface area contributed by atoms with E-state index in [0.29, 0.717) is 11.6 Å². The molecule has 1 heterocycles. The molecule has 5 heteroatoms. The third-order valence-electron chi connectivity index (χ3n) is 2.55. The Bertz CT molecular complexity index is 569. The molecule has 0 fully saturated rings. The molecule has 4 nitrogen and oxygen atoms in total. The Morgan fingerprint density at radius 2 is 2.11 bits per heavy atom. The molecule has 0 saturated carbocycles. The molecule has 98 valence electrons. The van der Waals surface area contributed by atoms with Crippen molar-refractivity contribution in [3.05, 3.63) is 41.6 Å². The lowest BCUT2D eigenvalue weighted by Crippen LogP contribution is -2.10. The molecule has 2 rings (SSSR count). The van der Waals surface area contributed by atoms with Crippen molar-refractivity contribution in [2.45, 2.75) is 19.8 Å². The SMILES string of the molecule is CCCC(=O)Nc1cccc(-c2ccc(Cl)nn2)c1. The Morgan fingerprint density at radius 1 is 1.26 bits per heavy atom. The molecular weight excluding hydrogens is 262 g/mol. The second-order valence-electron chi connectivity index (χ2n) is 4.12. The minimum absolute atomic E-state index is 0.0156. The number of aromatic nitrogens is 2. The first-order valence-electron chi connectivity index (χ1n) is 6.08. The fourth-order valence-electron chi connectivity index (χ4n) is 1.68. The fraction of sp³-hybridized carbons (Fsp3) is 0.214. The van der Waals surface area contributed by atoms with Crippen LogP contribution in [0.1, 0.15) is 19.8 Å². The average molecular weight is 276 g/mol. The number of amides is 1. The molecule has 1 N–H and O–H groups in total. The molecule has 0 unspecified atom stereocenters. The molecule has 19 heavy (non-hydrogen) atoms. The quantitative estimate of drug-likeness (QED) is 0.928. The summed E-state index contributed by atoms with van der Waals surface area (Å²) in [4.78, 5) is 11.5. The van der Waals surface area contributed by atoms with Gasteiger partial charge in [0.1, 0.15) is 0 Å². The largest absolute Gasteiger partial charge is 0.326 e. The van der Waals surface area contributed by atoms with Crippen molar-refractivity contribution in [1.29, 1.82) is 0 Å². The summed E-state index contributed by atoms with van der Waals surface area (Å²) in [7, 11) is 0. The summed E-state index contributed by atoms with van der Waals surface area (Å²) >= 11 is 5.70. The van der Waals surface area contributed by atoms with E-state index in [0.717, 1.165) is 23.4 Å². The van der Waals surface area contributed by atoms with Crippen molar-refractivity contribution in [2.75, 3.05) is 5.32 Å². The Balaban J connectivity index is 2.19. The van der Waals surface area contributed by atoms with Crippen molar-refractivity contribution in [3.63, 3.8) is 0 Å². The smallest absolute Gasteiger partial charge is 0.224 e. The van der Waals surface area contributed by atoms with Gasteiger partial charge in [0.25, 0.3) is 0 Å². The predicted molar refractivity (Wildman–Crippen MR) is 76.0 cm³/mol. The van der Waals surface area contributed by atoms with Gasteiger partial charge in [0.15, 0.2) is 5.15 Å². The molecule has 0 radical (unpaired) electrons. The van der Waals surface area contributed by atoms with E-state index in [1.807, 2.05) is 31.2 Å². The van der Waals surface area contributed by atoms with Crippen LogP contribution < -0.4 is 5.32 Å². The van der Waals surface area contributed by atoms with Gasteiger partial charge in [-0.15, -0.1) is 10.2 Å². The number of carbonyl (C=O) groups is 1. The third kappa shape index (κ3) is 3.76. The molecule has 1 amide bonds. The van der Waals surface area contributed by atoms with Crippen LogP contribution in [0.15, 0.2) is 36.4 Å². The van der Waals surface area contributed by atoms with Crippen molar-refractivity contribution in [3.8, 4) is 11.3 Å². The van der Waals surface area contributed by atoms with Gasteiger partial charge in [0.2, 0.25) is 5.91 Å². The summed E-state index contributed by atoms with van der Waals surface area (Å²) in [5.74, 6) is 0.0156. The van der Waals surface area contributed by atoms with Gasteiger partial charge in [0.05, 0.1) is 5.69 Å². The zero-order valence-corrected chi connectivity index (χ0v) is 11.3. The number of halogens is 1. The van der Waals surface area contributed by atoms with E-state index in [2.05, 4.69) is 15.5 Å². The fourth-order valence-corrected chi connectivity index (χ4v) is 1.78. The summed E-state index contributed by atoms with van der Waals surface area (Å²) in [5, 5.41) is 11.0. The van der Waals surface area contributed by atoms with E-state index in [4.69, 9.17) is 11.6 Å². The number of nitrogens with zero attached hydrogens (tertiary/aromatic N) is 2. The number of hydrogen-bond donors (Lipinski definition) is 1. The first-order valence-corrected chi connectivity index (χ1v) is 6.46. The minimum atomic E-state index is 0.0156. The summed E-state index contributed by atoms with van der Waals surface area (Å²) in [6.45, 7) is 1.97. The highest BCUT2D eigenvalue weighted by Gasteiger charge is 2.04. The van der Waals surface area contributed by atoms with E-state index in [1.54, 1.807) is 12.1 Å². The Morgan fingerprint density at radius 3 is 2.79 bits per heavy atom. The molecule has 0 aliphatic rings. The van der Waals surface area contributed by atoms with Crippen LogP contribution in [0.25, 0.3) is 11.3 Å². The topological polar surface area (TPSA) is 54.9 Å². The molecule has 1 aromatic heterocycles. The first kappa shape index (κ1) is 13.5. The standard InChI is InChI=1S/C14H14ClN3O/c1-2-4-14(19)16-11-6-3-5-10(9-11)12-7-8-13(15)18-17-12/h3,5-9H,2,4H2,1H3,(H,16,19). The molecule has 0 saturated heterocycles. The summed E-state index contributed by atoms with van der Waals surface area (Å²) in [5.41, 5.74) is 2.36. The van der Waals surface area contributed by atoms with E-state index in [-0.39, 0.29) is 5.91 Å². The summed E-state index contributed by atoms with van der Waals surface area (Å²) in [6.07, 6.45) is 1.35. The van der Waals surface area contributed by atoms with Crippen LogP contribution in [0.5, 0.6) is 0 Å². The molecule has 0 aliphatic heterocycles. The van der Waals surface area contributed by atoms with Gasteiger partial charge in [-0.05, 0) is 30.7 Å². The maximum atomic E-state index is 11.5. The van der Waals surface area contributed by atoms with Crippen LogP contribution >= 0.6 is 11.6 Å². The van der Waals surface area contributed by atoms with E-state index in [9.17, 15) is 4.79 Å². The van der Waals surface area contributed by atoms with Gasteiger partial charge in [0, 0.05) is 17.7 Å². The zero-order valence-electron chi connectivity index (χ0n) is 10.6. The summed E-state index contributed by atoms with van der Waals surface area (Å²) in [6, 6.07) is 11.0. The van der Waals surface area contributed by atoms with Gasteiger partial charge in [-0.2, -0.15) is 0 Å². The normalized spacial score (nSPS) is 10.2. The van der Waals surface area contributed by atoms with Crippen LogP contribution in [-0.2, 0) is 4.79 Å². The number of benzene rings is 1. The van der Waals surface area contributed by atoms with E-state index >= 15 is 0 Å². The van der Waals surface area contributed by atoms with E-state index < -0.39 is 0 Å². The second-order valence-corrected chi connectivity index (χ2v) is 4.51. The van der Waals surface area contributed by atoms with E-state index in [1.165, 1.54) is 0 Å². The second kappa shape index (κ2) is 6.29. The molecular formula is C14H14ClN3O. The summed E-state index contributed by atoms with van der Waals surface area (Å²) < 4.78 is 0. The Hall–Kier alpha value is -1.94. The molecule has 1 aromatic carbocycles. The monoisotopic (exact) mass is 275 g/mol. The minimum Gasteiger partial charge on any atom is -0.326 e. The number of carbonyl (C=O) groups excluding carboxylic acids is 1. The number of nitrogens with one attached hydrogen (secondary N) is 1. The number of anilines is 1. The van der Waals surface area contributed by atoms with Crippen LogP contribution in [0, 0.1) is 0 Å². The van der Waals surface area contributed by atoms with Crippen molar-refractivity contribution in [1.82, 2.24) is 10.2 Å². The Kier molecular flexibility index (Phi) is 4.47. The van der Waals surface area contributed by atoms with Crippen LogP contribution in [-0.4, -0.2) is 16.1 Å². The average Bonchev–Trinajstić information content (AvgIpc) is 2.40. The van der Waals surface area contributed by atoms with Crippen molar-refractivity contribution in [2.24, 2.45) is 0 Å². The van der Waals surface area contributed by atoms with Crippen LogP contribution in [0.2, 0.25) is 5.15 Å². The zero-order chi connectivity index (χ0) is 13.7. The molecule has 2 aromatic rings. The molecule has 0 atom stereocenters. The van der Waals surface area contributed by atoms with Crippen LogP contribution in [0.3, 0.4) is 0 Å². The van der Waals surface area contributed by atoms with Crippen LogP contribution in [0.4, 0.5) is 5.69 Å². The Labute approximate surface area is 116 Å². The van der Waals surface area contributed by atoms with Crippen molar-refractivity contribution < 1.29 is 4.79 Å². The maximum Gasteiger partial charge on any atom is 0.224 e. The highest BCUT2D eigenvalue weighted by atomic mass is 35.5. The lowest BCUT2D eigenvalue weighted by atomic mass is 10.1. The highest BCUT2D eigenvalue weighted by molar-refractivity contribution is 6.29. The predicted octanol–water partition coefficient (Wildman–Crippen LogP) is 3.54. The number of rotatable bonds is 4. The first-order chi connectivity index (χ1) is 9.19. The lowest BCUT2D eigenvalue weighted by molar-refractivity contribution is -0.116. The molecule has 0 bridgehead atoms. The van der Waals surface area contributed by atoms with Crippen molar-refractivity contribution >= 4 is 23.2 Å². The van der Waals surface area contributed by atoms with Gasteiger partial charge < -0.3 is 5.32 Å². The molecule has 0 spiro atoms. The highest BCUT2D eigenvalue weighted by Crippen LogP contribution is 2.21.